The number of hydrogen-bond donors (Lipinski definition) is 1. The van der Waals surface area contributed by atoms with Gasteiger partial charge in [0, 0.05) is 11.1 Å². The summed E-state index contributed by atoms with van der Waals surface area (Å²) < 4.78 is 0. The summed E-state index contributed by atoms with van der Waals surface area (Å²) in [6.45, 7) is 4.11. The van der Waals surface area contributed by atoms with E-state index in [4.69, 9.17) is 10.7 Å². The number of allylic oxidation sites excluding steroid dienone is 1. The maximum absolute atomic E-state index is 6.07. The van der Waals surface area contributed by atoms with Crippen LogP contribution in [-0.4, -0.2) is 4.98 Å². The van der Waals surface area contributed by atoms with Crippen molar-refractivity contribution < 1.29 is 0 Å². The minimum Gasteiger partial charge on any atom is -0.398 e. The third-order valence-corrected chi connectivity index (χ3v) is 3.62. The lowest BCUT2D eigenvalue weighted by Crippen LogP contribution is -1.92. The van der Waals surface area contributed by atoms with Crippen LogP contribution in [0.3, 0.4) is 0 Å². The molecule has 0 atom stereocenters. The lowest BCUT2D eigenvalue weighted by molar-refractivity contribution is 1.34. The van der Waals surface area contributed by atoms with Crippen molar-refractivity contribution in [1.29, 1.82) is 0 Å². The lowest BCUT2D eigenvalue weighted by Gasteiger charge is -2.06. The van der Waals surface area contributed by atoms with Crippen molar-refractivity contribution >= 4 is 28.2 Å². The van der Waals surface area contributed by atoms with Gasteiger partial charge in [0.15, 0.2) is 0 Å². The van der Waals surface area contributed by atoms with Crippen molar-refractivity contribution in [3.63, 3.8) is 0 Å². The molecule has 3 aromatic rings. The van der Waals surface area contributed by atoms with Gasteiger partial charge in [-0.25, -0.2) is 4.98 Å². The van der Waals surface area contributed by atoms with Crippen LogP contribution in [0.15, 0.2) is 54.6 Å². The number of anilines is 1. The third-order valence-electron chi connectivity index (χ3n) is 3.62. The van der Waals surface area contributed by atoms with Gasteiger partial charge >= 0.3 is 0 Å². The van der Waals surface area contributed by atoms with E-state index in [0.29, 0.717) is 0 Å². The van der Waals surface area contributed by atoms with Gasteiger partial charge in [-0.1, -0.05) is 36.4 Å². The second kappa shape index (κ2) is 5.41. The molecule has 0 saturated carbocycles. The molecule has 2 N–H and O–H groups in total. The Morgan fingerprint density at radius 2 is 1.86 bits per heavy atom. The summed E-state index contributed by atoms with van der Waals surface area (Å²) in [6, 6.07) is 18.4. The molecular weight excluding hydrogens is 256 g/mol. The molecule has 0 radical (unpaired) electrons. The van der Waals surface area contributed by atoms with Crippen LogP contribution in [0.25, 0.3) is 22.6 Å². The maximum atomic E-state index is 6.07. The van der Waals surface area contributed by atoms with Crippen LogP contribution < -0.4 is 5.73 Å². The zero-order valence-electron chi connectivity index (χ0n) is 12.3. The summed E-state index contributed by atoms with van der Waals surface area (Å²) in [5.74, 6) is 0. The molecule has 0 bridgehead atoms. The minimum atomic E-state index is 0.801. The Morgan fingerprint density at radius 1 is 1.05 bits per heavy atom. The zero-order valence-corrected chi connectivity index (χ0v) is 12.3. The van der Waals surface area contributed by atoms with Crippen molar-refractivity contribution in [2.45, 2.75) is 13.8 Å². The third kappa shape index (κ3) is 2.79. The highest BCUT2D eigenvalue weighted by Gasteiger charge is 2.02. The van der Waals surface area contributed by atoms with E-state index in [1.165, 1.54) is 5.56 Å². The van der Waals surface area contributed by atoms with Crippen LogP contribution in [0, 0.1) is 6.92 Å². The second-order valence-electron chi connectivity index (χ2n) is 5.35. The number of benzene rings is 2. The molecule has 0 spiro atoms. The molecule has 21 heavy (non-hydrogen) atoms. The van der Waals surface area contributed by atoms with Crippen LogP contribution in [0.2, 0.25) is 0 Å². The first-order chi connectivity index (χ1) is 10.1. The second-order valence-corrected chi connectivity index (χ2v) is 5.35. The zero-order chi connectivity index (χ0) is 14.8. The van der Waals surface area contributed by atoms with E-state index in [-0.39, 0.29) is 0 Å². The van der Waals surface area contributed by atoms with Crippen molar-refractivity contribution in [3.8, 4) is 0 Å². The number of aryl methyl sites for hydroxylation is 1. The number of nitrogen functional groups attached to an aromatic ring is 1. The van der Waals surface area contributed by atoms with E-state index in [1.807, 2.05) is 31.2 Å². The molecule has 0 aliphatic rings. The SMILES string of the molecule is CC(=Cc1ccc(C)cc1N)c1ccc2ccccc2n1. The number of fused-ring (bicyclic) bond motifs is 1. The number of pyridine rings is 1. The maximum Gasteiger partial charge on any atom is 0.0709 e. The molecule has 0 aliphatic heterocycles. The van der Waals surface area contributed by atoms with Crippen molar-refractivity contribution in [2.24, 2.45) is 0 Å². The highest BCUT2D eigenvalue weighted by atomic mass is 14.7. The highest BCUT2D eigenvalue weighted by molar-refractivity contribution is 5.86. The fourth-order valence-electron chi connectivity index (χ4n) is 2.42. The number of rotatable bonds is 2. The number of aromatic nitrogens is 1. The average Bonchev–Trinajstić information content (AvgIpc) is 2.49. The Morgan fingerprint density at radius 3 is 2.67 bits per heavy atom. The molecule has 3 rings (SSSR count). The average molecular weight is 274 g/mol. The van der Waals surface area contributed by atoms with Crippen molar-refractivity contribution in [3.05, 3.63) is 71.4 Å². The quantitative estimate of drug-likeness (QED) is 0.689. The highest BCUT2D eigenvalue weighted by Crippen LogP contribution is 2.22. The van der Waals surface area contributed by atoms with Crippen LogP contribution in [0.1, 0.15) is 23.7 Å². The summed E-state index contributed by atoms with van der Waals surface area (Å²) >= 11 is 0. The number of nitrogens with zero attached hydrogens (tertiary/aromatic N) is 1. The molecule has 0 amide bonds. The smallest absolute Gasteiger partial charge is 0.0709 e. The van der Waals surface area contributed by atoms with Gasteiger partial charge in [-0.15, -0.1) is 0 Å². The Bertz CT molecular complexity index is 832. The Labute approximate surface area is 124 Å². The van der Waals surface area contributed by atoms with E-state index < -0.39 is 0 Å². The van der Waals surface area contributed by atoms with E-state index in [1.54, 1.807) is 0 Å². The lowest BCUT2D eigenvalue weighted by atomic mass is 10.0. The monoisotopic (exact) mass is 274 g/mol. The first-order valence-corrected chi connectivity index (χ1v) is 7.04. The molecule has 1 aromatic heterocycles. The van der Waals surface area contributed by atoms with Gasteiger partial charge in [0.25, 0.3) is 0 Å². The minimum absolute atomic E-state index is 0.801. The van der Waals surface area contributed by atoms with Gasteiger partial charge in [0.05, 0.1) is 11.2 Å². The fraction of sp³-hybridized carbons (Fsp3) is 0.105. The molecule has 0 unspecified atom stereocenters. The van der Waals surface area contributed by atoms with Crippen LogP contribution in [-0.2, 0) is 0 Å². The first-order valence-electron chi connectivity index (χ1n) is 7.04. The Balaban J connectivity index is 2.02. The summed E-state index contributed by atoms with van der Waals surface area (Å²) in [5, 5.41) is 1.16. The summed E-state index contributed by atoms with van der Waals surface area (Å²) in [5.41, 5.74) is 12.2. The number of hydrogen-bond acceptors (Lipinski definition) is 2. The molecule has 0 fully saturated rings. The van der Waals surface area contributed by atoms with Gasteiger partial charge in [-0.3, -0.25) is 0 Å². The van der Waals surface area contributed by atoms with Crippen LogP contribution in [0.4, 0.5) is 5.69 Å². The fourth-order valence-corrected chi connectivity index (χ4v) is 2.42. The van der Waals surface area contributed by atoms with Crippen LogP contribution in [0.5, 0.6) is 0 Å². The molecule has 2 nitrogen and oxygen atoms in total. The van der Waals surface area contributed by atoms with E-state index in [9.17, 15) is 0 Å². The largest absolute Gasteiger partial charge is 0.398 e. The Kier molecular flexibility index (Phi) is 3.44. The van der Waals surface area contributed by atoms with Gasteiger partial charge in [-0.05, 0) is 54.8 Å². The van der Waals surface area contributed by atoms with Gasteiger partial charge in [-0.2, -0.15) is 0 Å². The molecule has 2 aromatic carbocycles. The normalized spacial score (nSPS) is 11.8. The summed E-state index contributed by atoms with van der Waals surface area (Å²) in [4.78, 5) is 4.71. The van der Waals surface area contributed by atoms with Crippen molar-refractivity contribution in [1.82, 2.24) is 4.98 Å². The topological polar surface area (TPSA) is 38.9 Å². The predicted molar refractivity (Wildman–Crippen MR) is 90.9 cm³/mol. The predicted octanol–water partition coefficient (Wildman–Crippen LogP) is 4.69. The van der Waals surface area contributed by atoms with Crippen molar-refractivity contribution in [2.75, 3.05) is 5.73 Å². The molecule has 1 heterocycles. The van der Waals surface area contributed by atoms with E-state index >= 15 is 0 Å². The van der Waals surface area contributed by atoms with Gasteiger partial charge in [0.1, 0.15) is 0 Å². The molecule has 0 aliphatic carbocycles. The first kappa shape index (κ1) is 13.4. The number of nitrogens with two attached hydrogens (primary N) is 1. The summed E-state index contributed by atoms with van der Waals surface area (Å²) in [7, 11) is 0. The molecule has 104 valence electrons. The standard InChI is InChI=1S/C19H18N2/c1-13-7-8-16(17(20)11-13)12-14(2)18-10-9-15-5-3-4-6-19(15)21-18/h3-12H,20H2,1-2H3. The van der Waals surface area contributed by atoms with Crippen LogP contribution >= 0.6 is 0 Å². The molecular formula is C19H18N2. The number of para-hydroxylation sites is 1. The molecule has 0 saturated heterocycles. The van der Waals surface area contributed by atoms with E-state index in [2.05, 4.69) is 43.3 Å². The van der Waals surface area contributed by atoms with Gasteiger partial charge < -0.3 is 5.73 Å². The van der Waals surface area contributed by atoms with Gasteiger partial charge in [0.2, 0.25) is 0 Å². The van der Waals surface area contributed by atoms with E-state index in [0.717, 1.165) is 33.4 Å². The Hall–Kier alpha value is -2.61. The summed E-state index contributed by atoms with van der Waals surface area (Å²) in [6.07, 6.45) is 2.09. The molecule has 2 heteroatoms.